The highest BCUT2D eigenvalue weighted by Gasteiger charge is 2.14. The third-order valence-corrected chi connectivity index (χ3v) is 2.62. The Morgan fingerprint density at radius 1 is 1.50 bits per heavy atom. The molecule has 0 atom stereocenters. The van der Waals surface area contributed by atoms with Crippen molar-refractivity contribution in [3.8, 4) is 0 Å². The van der Waals surface area contributed by atoms with Gasteiger partial charge in [-0.3, -0.25) is 9.59 Å². The van der Waals surface area contributed by atoms with Crippen LogP contribution in [0.3, 0.4) is 0 Å². The summed E-state index contributed by atoms with van der Waals surface area (Å²) in [7, 11) is 0. The minimum atomic E-state index is -0.308. The third kappa shape index (κ3) is 4.19. The van der Waals surface area contributed by atoms with Crippen LogP contribution in [0.4, 0.5) is 0 Å². The summed E-state index contributed by atoms with van der Waals surface area (Å²) < 4.78 is 4.96. The van der Waals surface area contributed by atoms with Gasteiger partial charge in [-0.25, -0.2) is 0 Å². The highest BCUT2D eigenvalue weighted by atomic mass is 35.5. The molecule has 0 amide bonds. The average Bonchev–Trinajstić information content (AvgIpc) is 2.64. The zero-order valence-corrected chi connectivity index (χ0v) is 10.0. The Morgan fingerprint density at radius 2 is 2.25 bits per heavy atom. The maximum absolute atomic E-state index is 11.1. The summed E-state index contributed by atoms with van der Waals surface area (Å²) in [6.45, 7) is 1.64. The van der Waals surface area contributed by atoms with Gasteiger partial charge in [-0.2, -0.15) is 0 Å². The molecule has 0 N–H and O–H groups in total. The van der Waals surface area contributed by atoms with Crippen LogP contribution in [0.5, 0.6) is 0 Å². The topological polar surface area (TPSA) is 43.4 Å². The zero-order valence-electron chi connectivity index (χ0n) is 9.29. The van der Waals surface area contributed by atoms with Gasteiger partial charge in [-0.15, -0.1) is 11.6 Å². The van der Waals surface area contributed by atoms with Crippen molar-refractivity contribution < 1.29 is 14.3 Å². The lowest BCUT2D eigenvalue weighted by Crippen LogP contribution is -2.06. The van der Waals surface area contributed by atoms with E-state index in [0.717, 1.165) is 24.0 Å². The molecule has 0 aromatic rings. The number of ether oxygens (including phenoxy) is 1. The molecule has 0 saturated carbocycles. The van der Waals surface area contributed by atoms with Crippen LogP contribution in [-0.4, -0.2) is 24.2 Å². The SMILES string of the molecule is CC(=O)OC/C(CCCCl)=C1/C=CC(=O)C1. The molecule has 0 saturated heterocycles. The second kappa shape index (κ2) is 6.48. The molecule has 88 valence electrons. The minimum absolute atomic E-state index is 0.0983. The second-order valence-electron chi connectivity index (χ2n) is 3.68. The van der Waals surface area contributed by atoms with E-state index in [2.05, 4.69) is 0 Å². The van der Waals surface area contributed by atoms with Gasteiger partial charge < -0.3 is 4.74 Å². The van der Waals surface area contributed by atoms with E-state index in [9.17, 15) is 9.59 Å². The van der Waals surface area contributed by atoms with Gasteiger partial charge in [0.2, 0.25) is 0 Å². The molecule has 0 fully saturated rings. The quantitative estimate of drug-likeness (QED) is 0.549. The second-order valence-corrected chi connectivity index (χ2v) is 4.06. The number of carbonyl (C=O) groups is 2. The van der Waals surface area contributed by atoms with Crippen molar-refractivity contribution in [2.75, 3.05) is 12.5 Å². The molecule has 3 nitrogen and oxygen atoms in total. The van der Waals surface area contributed by atoms with Crippen molar-refractivity contribution in [3.63, 3.8) is 0 Å². The normalized spacial score (nSPS) is 17.8. The van der Waals surface area contributed by atoms with E-state index >= 15 is 0 Å². The maximum atomic E-state index is 11.1. The van der Waals surface area contributed by atoms with E-state index in [1.54, 1.807) is 12.2 Å². The average molecular weight is 243 g/mol. The molecule has 1 aliphatic rings. The minimum Gasteiger partial charge on any atom is -0.461 e. The van der Waals surface area contributed by atoms with E-state index in [-0.39, 0.29) is 18.4 Å². The van der Waals surface area contributed by atoms with E-state index in [1.165, 1.54) is 6.92 Å². The molecule has 0 bridgehead atoms. The molecule has 0 spiro atoms. The molecule has 0 aliphatic heterocycles. The Kier molecular flexibility index (Phi) is 5.26. The Hall–Kier alpha value is -1.09. The smallest absolute Gasteiger partial charge is 0.302 e. The highest BCUT2D eigenvalue weighted by Crippen LogP contribution is 2.21. The molecular formula is C12H15ClO3. The third-order valence-electron chi connectivity index (χ3n) is 2.35. The summed E-state index contributed by atoms with van der Waals surface area (Å²) in [5.41, 5.74) is 1.97. The Labute approximate surface area is 100 Å². The lowest BCUT2D eigenvalue weighted by Gasteiger charge is -2.09. The molecule has 1 rings (SSSR count). The van der Waals surface area contributed by atoms with Gasteiger partial charge in [0.05, 0.1) is 0 Å². The van der Waals surface area contributed by atoms with Crippen molar-refractivity contribution in [3.05, 3.63) is 23.3 Å². The van der Waals surface area contributed by atoms with Crippen LogP contribution in [0, 0.1) is 0 Å². The lowest BCUT2D eigenvalue weighted by molar-refractivity contribution is -0.140. The van der Waals surface area contributed by atoms with Crippen LogP contribution >= 0.6 is 11.6 Å². The largest absolute Gasteiger partial charge is 0.461 e. The van der Waals surface area contributed by atoms with Crippen molar-refractivity contribution in [2.45, 2.75) is 26.2 Å². The van der Waals surface area contributed by atoms with Gasteiger partial charge >= 0.3 is 5.97 Å². The summed E-state index contributed by atoms with van der Waals surface area (Å²) in [6.07, 6.45) is 5.37. The molecule has 0 radical (unpaired) electrons. The monoisotopic (exact) mass is 242 g/mol. The first kappa shape index (κ1) is 13.0. The highest BCUT2D eigenvalue weighted by molar-refractivity contribution is 6.17. The molecular weight excluding hydrogens is 228 g/mol. The molecule has 0 unspecified atom stereocenters. The summed E-state index contributed by atoms with van der Waals surface area (Å²) in [5, 5.41) is 0. The lowest BCUT2D eigenvalue weighted by atomic mass is 10.0. The van der Waals surface area contributed by atoms with Crippen LogP contribution in [0.1, 0.15) is 26.2 Å². The van der Waals surface area contributed by atoms with Gasteiger partial charge in [-0.05, 0) is 30.1 Å². The van der Waals surface area contributed by atoms with Crippen molar-refractivity contribution in [2.24, 2.45) is 0 Å². The van der Waals surface area contributed by atoms with E-state index < -0.39 is 0 Å². The fourth-order valence-electron chi connectivity index (χ4n) is 1.54. The number of hydrogen-bond acceptors (Lipinski definition) is 3. The first-order chi connectivity index (χ1) is 7.63. The number of halogens is 1. The first-order valence-electron chi connectivity index (χ1n) is 5.24. The van der Waals surface area contributed by atoms with Crippen LogP contribution in [0.15, 0.2) is 23.3 Å². The van der Waals surface area contributed by atoms with Crippen molar-refractivity contribution in [1.82, 2.24) is 0 Å². The Balaban J connectivity index is 2.66. The maximum Gasteiger partial charge on any atom is 0.302 e. The van der Waals surface area contributed by atoms with Crippen LogP contribution in [-0.2, 0) is 14.3 Å². The fraction of sp³-hybridized carbons (Fsp3) is 0.500. The molecule has 0 aromatic heterocycles. The number of allylic oxidation sites excluding steroid dienone is 3. The predicted octanol–water partition coefficient (Wildman–Crippen LogP) is 2.39. The fourth-order valence-corrected chi connectivity index (χ4v) is 1.67. The van der Waals surface area contributed by atoms with Gasteiger partial charge in [0.25, 0.3) is 0 Å². The van der Waals surface area contributed by atoms with E-state index in [0.29, 0.717) is 12.3 Å². The number of rotatable bonds is 5. The van der Waals surface area contributed by atoms with Crippen molar-refractivity contribution in [1.29, 1.82) is 0 Å². The summed E-state index contributed by atoms with van der Waals surface area (Å²) in [5.74, 6) is 0.354. The van der Waals surface area contributed by atoms with Crippen LogP contribution in [0.2, 0.25) is 0 Å². The van der Waals surface area contributed by atoms with Gasteiger partial charge in [0.15, 0.2) is 5.78 Å². The molecule has 16 heavy (non-hydrogen) atoms. The molecule has 4 heteroatoms. The van der Waals surface area contributed by atoms with Gasteiger partial charge in [0.1, 0.15) is 6.61 Å². The molecule has 0 heterocycles. The number of hydrogen-bond donors (Lipinski definition) is 0. The van der Waals surface area contributed by atoms with E-state index in [1.807, 2.05) is 0 Å². The number of ketones is 1. The number of carbonyl (C=O) groups excluding carboxylic acids is 2. The number of esters is 1. The van der Waals surface area contributed by atoms with E-state index in [4.69, 9.17) is 16.3 Å². The zero-order chi connectivity index (χ0) is 12.0. The Morgan fingerprint density at radius 3 is 2.75 bits per heavy atom. The van der Waals surface area contributed by atoms with Gasteiger partial charge in [0, 0.05) is 19.2 Å². The Bertz CT molecular complexity index is 342. The standard InChI is InChI=1S/C12H15ClO3/c1-9(14)16-8-11(3-2-6-13)10-4-5-12(15)7-10/h4-5H,2-3,6-8H2,1H3/b11-10-. The predicted molar refractivity (Wildman–Crippen MR) is 62.4 cm³/mol. The van der Waals surface area contributed by atoms with Crippen LogP contribution < -0.4 is 0 Å². The molecule has 0 aromatic carbocycles. The summed E-state index contributed by atoms with van der Waals surface area (Å²) >= 11 is 5.63. The van der Waals surface area contributed by atoms with Crippen LogP contribution in [0.25, 0.3) is 0 Å². The molecule has 1 aliphatic carbocycles. The van der Waals surface area contributed by atoms with Gasteiger partial charge in [-0.1, -0.05) is 6.08 Å². The van der Waals surface area contributed by atoms with Crippen molar-refractivity contribution >= 4 is 23.4 Å². The first-order valence-corrected chi connectivity index (χ1v) is 5.78. The summed E-state index contributed by atoms with van der Waals surface area (Å²) in [6, 6.07) is 0. The number of alkyl halides is 1. The summed E-state index contributed by atoms with van der Waals surface area (Å²) in [4.78, 5) is 21.9.